The van der Waals surface area contributed by atoms with E-state index in [-0.39, 0.29) is 18.1 Å². The van der Waals surface area contributed by atoms with Crippen LogP contribution in [0.4, 0.5) is 0 Å². The van der Waals surface area contributed by atoms with Gasteiger partial charge in [-0.05, 0) is 50.3 Å². The van der Waals surface area contributed by atoms with Gasteiger partial charge in [0.2, 0.25) is 0 Å². The van der Waals surface area contributed by atoms with E-state index in [0.29, 0.717) is 6.61 Å². The van der Waals surface area contributed by atoms with Crippen LogP contribution in [0.5, 0.6) is 5.75 Å². The van der Waals surface area contributed by atoms with Crippen LogP contribution in [0.15, 0.2) is 24.3 Å². The third-order valence-electron chi connectivity index (χ3n) is 4.32. The summed E-state index contributed by atoms with van der Waals surface area (Å²) in [5.74, 6) is 1.06. The lowest BCUT2D eigenvalue weighted by Crippen LogP contribution is -2.38. The molecule has 0 unspecified atom stereocenters. The molecule has 2 fully saturated rings. The van der Waals surface area contributed by atoms with Crippen LogP contribution in [0.25, 0.3) is 0 Å². The lowest BCUT2D eigenvalue weighted by molar-refractivity contribution is -0.141. The first-order chi connectivity index (χ1) is 10.3. The van der Waals surface area contributed by atoms with Gasteiger partial charge in [0.1, 0.15) is 11.9 Å². The molecule has 2 saturated heterocycles. The van der Waals surface area contributed by atoms with Crippen LogP contribution >= 0.6 is 0 Å². The zero-order valence-corrected chi connectivity index (χ0v) is 12.6. The molecule has 4 heteroatoms. The van der Waals surface area contributed by atoms with Crippen molar-refractivity contribution in [3.05, 3.63) is 29.8 Å². The van der Waals surface area contributed by atoms with E-state index in [2.05, 4.69) is 12.1 Å². The zero-order chi connectivity index (χ0) is 14.7. The van der Waals surface area contributed by atoms with Crippen LogP contribution in [0.1, 0.15) is 44.2 Å². The van der Waals surface area contributed by atoms with Crippen molar-refractivity contribution in [2.45, 2.75) is 44.8 Å². The normalized spacial score (nSPS) is 25.3. The maximum atomic E-state index is 12.6. The number of amides is 1. The Kier molecular flexibility index (Phi) is 4.44. The second kappa shape index (κ2) is 6.48. The third kappa shape index (κ3) is 3.05. The number of likely N-dealkylation sites (tertiary alicyclic amines) is 1. The lowest BCUT2D eigenvalue weighted by Gasteiger charge is -2.27. The Morgan fingerprint density at radius 1 is 1.29 bits per heavy atom. The maximum absolute atomic E-state index is 12.6. The van der Waals surface area contributed by atoms with E-state index in [1.54, 1.807) is 0 Å². The molecule has 1 amide bonds. The molecule has 0 radical (unpaired) electrons. The molecule has 0 spiro atoms. The average molecular weight is 289 g/mol. The van der Waals surface area contributed by atoms with E-state index in [1.807, 2.05) is 24.0 Å². The van der Waals surface area contributed by atoms with Crippen molar-refractivity contribution >= 4 is 5.91 Å². The van der Waals surface area contributed by atoms with Gasteiger partial charge in [-0.25, -0.2) is 0 Å². The molecule has 2 heterocycles. The topological polar surface area (TPSA) is 38.8 Å². The van der Waals surface area contributed by atoms with Gasteiger partial charge in [0, 0.05) is 13.2 Å². The minimum atomic E-state index is -0.215. The predicted octanol–water partition coefficient (Wildman–Crippen LogP) is 2.93. The van der Waals surface area contributed by atoms with Gasteiger partial charge in [0.15, 0.2) is 0 Å². The van der Waals surface area contributed by atoms with Crippen LogP contribution in [0.2, 0.25) is 0 Å². The highest BCUT2D eigenvalue weighted by molar-refractivity contribution is 5.82. The molecule has 0 aromatic heterocycles. The second-order valence-electron chi connectivity index (χ2n) is 5.69. The number of carbonyl (C=O) groups excluding carboxylic acids is 1. The summed E-state index contributed by atoms with van der Waals surface area (Å²) < 4.78 is 11.0. The van der Waals surface area contributed by atoms with Crippen LogP contribution < -0.4 is 4.74 Å². The first-order valence-electron chi connectivity index (χ1n) is 7.94. The van der Waals surface area contributed by atoms with Crippen molar-refractivity contribution in [1.82, 2.24) is 4.90 Å². The van der Waals surface area contributed by atoms with Gasteiger partial charge in [-0.2, -0.15) is 0 Å². The third-order valence-corrected chi connectivity index (χ3v) is 4.32. The Morgan fingerprint density at radius 2 is 2.10 bits per heavy atom. The van der Waals surface area contributed by atoms with Gasteiger partial charge < -0.3 is 14.4 Å². The van der Waals surface area contributed by atoms with E-state index >= 15 is 0 Å². The number of carbonyl (C=O) groups is 1. The minimum Gasteiger partial charge on any atom is -0.494 e. The molecule has 1 aromatic carbocycles. The van der Waals surface area contributed by atoms with E-state index in [4.69, 9.17) is 9.47 Å². The van der Waals surface area contributed by atoms with Crippen LogP contribution in [-0.4, -0.2) is 36.7 Å². The quantitative estimate of drug-likeness (QED) is 0.855. The van der Waals surface area contributed by atoms with Gasteiger partial charge in [-0.3, -0.25) is 4.79 Å². The van der Waals surface area contributed by atoms with Crippen molar-refractivity contribution in [2.75, 3.05) is 19.8 Å². The lowest BCUT2D eigenvalue weighted by atomic mass is 10.0. The van der Waals surface area contributed by atoms with Crippen LogP contribution in [-0.2, 0) is 9.53 Å². The molecule has 114 valence electrons. The Balaban J connectivity index is 1.72. The van der Waals surface area contributed by atoms with Crippen molar-refractivity contribution < 1.29 is 14.3 Å². The number of rotatable bonds is 4. The summed E-state index contributed by atoms with van der Waals surface area (Å²) in [6.45, 7) is 4.22. The summed E-state index contributed by atoms with van der Waals surface area (Å²) in [5.41, 5.74) is 1.20. The number of nitrogens with zero attached hydrogens (tertiary/aromatic N) is 1. The summed E-state index contributed by atoms with van der Waals surface area (Å²) in [5, 5.41) is 0. The number of hydrogen-bond donors (Lipinski definition) is 0. The molecule has 0 N–H and O–H groups in total. The first kappa shape index (κ1) is 14.4. The first-order valence-corrected chi connectivity index (χ1v) is 7.94. The van der Waals surface area contributed by atoms with Gasteiger partial charge >= 0.3 is 0 Å². The molecular weight excluding hydrogens is 266 g/mol. The maximum Gasteiger partial charge on any atom is 0.252 e. The fourth-order valence-electron chi connectivity index (χ4n) is 3.29. The summed E-state index contributed by atoms with van der Waals surface area (Å²) in [6, 6.07) is 8.34. The largest absolute Gasteiger partial charge is 0.494 e. The molecule has 2 aliphatic rings. The van der Waals surface area contributed by atoms with Gasteiger partial charge in [0.05, 0.1) is 12.6 Å². The molecule has 3 rings (SSSR count). The highest BCUT2D eigenvalue weighted by Gasteiger charge is 2.35. The Morgan fingerprint density at radius 3 is 2.76 bits per heavy atom. The van der Waals surface area contributed by atoms with Crippen molar-refractivity contribution in [3.63, 3.8) is 0 Å². The molecule has 0 aliphatic carbocycles. The fraction of sp³-hybridized carbons (Fsp3) is 0.588. The summed E-state index contributed by atoms with van der Waals surface area (Å²) in [6.07, 6.45) is 3.75. The SMILES string of the molecule is CCOc1ccc([C@H]2CCCN2C(=O)[C@@H]2CCCO2)cc1. The van der Waals surface area contributed by atoms with E-state index in [1.165, 1.54) is 5.56 Å². The Hall–Kier alpha value is -1.55. The summed E-state index contributed by atoms with van der Waals surface area (Å²) in [7, 11) is 0. The number of benzene rings is 1. The standard InChI is InChI=1S/C17H23NO3/c1-2-20-14-9-7-13(8-10-14)15-5-3-11-18(15)17(19)16-6-4-12-21-16/h7-10,15-16H,2-6,11-12H2,1H3/t15-,16+/m1/s1. The monoisotopic (exact) mass is 289 g/mol. The van der Waals surface area contributed by atoms with E-state index in [9.17, 15) is 4.79 Å². The second-order valence-corrected chi connectivity index (χ2v) is 5.69. The van der Waals surface area contributed by atoms with Crippen molar-refractivity contribution in [3.8, 4) is 5.75 Å². The van der Waals surface area contributed by atoms with Gasteiger partial charge in [-0.15, -0.1) is 0 Å². The molecule has 0 saturated carbocycles. The van der Waals surface area contributed by atoms with Crippen molar-refractivity contribution in [1.29, 1.82) is 0 Å². The molecule has 2 aliphatic heterocycles. The Bertz CT molecular complexity index is 479. The zero-order valence-electron chi connectivity index (χ0n) is 12.6. The van der Waals surface area contributed by atoms with Crippen LogP contribution in [0.3, 0.4) is 0 Å². The van der Waals surface area contributed by atoms with Crippen molar-refractivity contribution in [2.24, 2.45) is 0 Å². The highest BCUT2D eigenvalue weighted by atomic mass is 16.5. The molecule has 21 heavy (non-hydrogen) atoms. The summed E-state index contributed by atoms with van der Waals surface area (Å²) >= 11 is 0. The summed E-state index contributed by atoms with van der Waals surface area (Å²) in [4.78, 5) is 14.6. The number of ether oxygens (including phenoxy) is 2. The average Bonchev–Trinajstić information content (AvgIpc) is 3.19. The van der Waals surface area contributed by atoms with Crippen LogP contribution in [0, 0.1) is 0 Å². The molecular formula is C17H23NO3. The minimum absolute atomic E-state index is 0.170. The molecule has 1 aromatic rings. The Labute approximate surface area is 126 Å². The fourth-order valence-corrected chi connectivity index (χ4v) is 3.29. The van der Waals surface area contributed by atoms with Gasteiger partial charge in [0.25, 0.3) is 5.91 Å². The molecule has 0 bridgehead atoms. The predicted molar refractivity (Wildman–Crippen MR) is 80.3 cm³/mol. The van der Waals surface area contributed by atoms with Gasteiger partial charge in [-0.1, -0.05) is 12.1 Å². The van der Waals surface area contributed by atoms with E-state index < -0.39 is 0 Å². The van der Waals surface area contributed by atoms with E-state index in [0.717, 1.165) is 44.6 Å². The molecule has 2 atom stereocenters. The molecule has 4 nitrogen and oxygen atoms in total. The smallest absolute Gasteiger partial charge is 0.252 e. The number of hydrogen-bond acceptors (Lipinski definition) is 3. The highest BCUT2D eigenvalue weighted by Crippen LogP contribution is 2.34.